The second-order valence-electron chi connectivity index (χ2n) is 6.04. The Labute approximate surface area is 122 Å². The molecule has 1 atom stereocenters. The number of hydrogen-bond donors (Lipinski definition) is 1. The number of aryl methyl sites for hydroxylation is 1. The van der Waals surface area contributed by atoms with Crippen LogP contribution in [0, 0.1) is 0 Å². The Kier molecular flexibility index (Phi) is 5.31. The molecule has 1 aliphatic heterocycles. The van der Waals surface area contributed by atoms with Gasteiger partial charge in [0.1, 0.15) is 12.2 Å². The normalized spacial score (nSPS) is 19.0. The number of hydrogen-bond acceptors (Lipinski definition) is 4. The van der Waals surface area contributed by atoms with Gasteiger partial charge in [-0.3, -0.25) is 4.90 Å². The molecule has 0 saturated carbocycles. The molecule has 0 aromatic carbocycles. The monoisotopic (exact) mass is 277 g/mol. The van der Waals surface area contributed by atoms with E-state index < -0.39 is 0 Å². The molecule has 1 N–H and O–H groups in total. The molecule has 1 fully saturated rings. The fourth-order valence-corrected chi connectivity index (χ4v) is 2.71. The van der Waals surface area contributed by atoms with Crippen LogP contribution in [-0.2, 0) is 7.05 Å². The van der Waals surface area contributed by atoms with Gasteiger partial charge in [0.2, 0.25) is 0 Å². The number of nitrogens with zero attached hydrogens (tertiary/aromatic N) is 4. The van der Waals surface area contributed by atoms with Crippen LogP contribution >= 0.6 is 0 Å². The Morgan fingerprint density at radius 3 is 2.70 bits per heavy atom. The van der Waals surface area contributed by atoms with Crippen molar-refractivity contribution in [3.63, 3.8) is 0 Å². The molecule has 1 aliphatic rings. The van der Waals surface area contributed by atoms with E-state index in [1.807, 2.05) is 11.6 Å². The van der Waals surface area contributed by atoms with Crippen molar-refractivity contribution in [1.82, 2.24) is 25.0 Å². The number of aromatic nitrogens is 3. The van der Waals surface area contributed by atoms with E-state index in [0.29, 0.717) is 6.04 Å². The molecule has 0 aliphatic carbocycles. The van der Waals surface area contributed by atoms with E-state index in [2.05, 4.69) is 47.3 Å². The highest BCUT2D eigenvalue weighted by molar-refractivity contribution is 4.97. The summed E-state index contributed by atoms with van der Waals surface area (Å²) < 4.78 is 1.99. The van der Waals surface area contributed by atoms with Crippen molar-refractivity contribution in [3.8, 4) is 0 Å². The van der Waals surface area contributed by atoms with Gasteiger partial charge in [-0.05, 0) is 46.7 Å². The molecule has 2 rings (SSSR count). The molecule has 1 unspecified atom stereocenters. The maximum atomic E-state index is 4.18. The summed E-state index contributed by atoms with van der Waals surface area (Å²) in [6, 6.07) is 0.849. The molecule has 1 aromatic heterocycles. The maximum absolute atomic E-state index is 4.18. The lowest BCUT2D eigenvalue weighted by Gasteiger charge is -2.33. The van der Waals surface area contributed by atoms with E-state index in [1.54, 1.807) is 6.33 Å². The van der Waals surface area contributed by atoms with Crippen LogP contribution in [0.3, 0.4) is 0 Å². The average molecular weight is 277 g/mol. The molecule has 1 saturated heterocycles. The number of nitrogens with one attached hydrogen (secondary N) is 1. The van der Waals surface area contributed by atoms with Crippen LogP contribution < -0.4 is 5.32 Å². The predicted octanol–water partition coefficient (Wildman–Crippen LogP) is 1.90. The fourth-order valence-electron chi connectivity index (χ4n) is 2.71. The lowest BCUT2D eigenvalue weighted by molar-refractivity contribution is 0.207. The molecule has 5 nitrogen and oxygen atoms in total. The van der Waals surface area contributed by atoms with E-state index in [9.17, 15) is 0 Å². The largest absolute Gasteiger partial charge is 0.319 e. The molecule has 0 amide bonds. The zero-order valence-electron chi connectivity index (χ0n) is 13.1. The number of rotatable bonds is 5. The molecule has 112 valence electrons. The number of piperidine rings is 1. The summed E-state index contributed by atoms with van der Waals surface area (Å²) in [6.45, 7) is 9.93. The van der Waals surface area contributed by atoms with Gasteiger partial charge in [-0.1, -0.05) is 11.6 Å². The van der Waals surface area contributed by atoms with Crippen molar-refractivity contribution in [2.75, 3.05) is 19.6 Å². The van der Waals surface area contributed by atoms with E-state index in [1.165, 1.54) is 31.5 Å². The summed E-state index contributed by atoms with van der Waals surface area (Å²) in [6.07, 6.45) is 6.49. The van der Waals surface area contributed by atoms with Gasteiger partial charge in [-0.25, -0.2) is 0 Å². The number of likely N-dealkylation sites (tertiary alicyclic amines) is 1. The van der Waals surface area contributed by atoms with Gasteiger partial charge in [0, 0.05) is 19.6 Å². The summed E-state index contributed by atoms with van der Waals surface area (Å²) in [5.74, 6) is 1.01. The lowest BCUT2D eigenvalue weighted by Crippen LogP contribution is -2.43. The Bertz CT molecular complexity index is 439. The highest BCUT2D eigenvalue weighted by atomic mass is 15.3. The van der Waals surface area contributed by atoms with Crippen molar-refractivity contribution in [3.05, 3.63) is 23.8 Å². The molecular weight excluding hydrogens is 250 g/mol. The SMILES string of the molecule is CC(C)=CCN1CCC(NC(C)c2nncn2C)CC1. The van der Waals surface area contributed by atoms with Crippen LogP contribution in [0.15, 0.2) is 18.0 Å². The third-order valence-electron chi connectivity index (χ3n) is 3.96. The van der Waals surface area contributed by atoms with Crippen molar-refractivity contribution in [1.29, 1.82) is 0 Å². The standard InChI is InChI=1S/C15H27N5/c1-12(2)5-8-20-9-6-14(7-10-20)17-13(3)15-18-16-11-19(15)4/h5,11,13-14,17H,6-10H2,1-4H3. The van der Waals surface area contributed by atoms with Crippen LogP contribution in [0.5, 0.6) is 0 Å². The van der Waals surface area contributed by atoms with Crippen molar-refractivity contribution < 1.29 is 0 Å². The Morgan fingerprint density at radius 2 is 2.15 bits per heavy atom. The van der Waals surface area contributed by atoms with Crippen LogP contribution in [0.1, 0.15) is 45.5 Å². The van der Waals surface area contributed by atoms with Crippen molar-refractivity contribution >= 4 is 0 Å². The van der Waals surface area contributed by atoms with E-state index in [4.69, 9.17) is 0 Å². The minimum absolute atomic E-state index is 0.261. The fraction of sp³-hybridized carbons (Fsp3) is 0.733. The van der Waals surface area contributed by atoms with E-state index >= 15 is 0 Å². The molecule has 2 heterocycles. The zero-order chi connectivity index (χ0) is 14.5. The third-order valence-corrected chi connectivity index (χ3v) is 3.96. The second-order valence-corrected chi connectivity index (χ2v) is 6.04. The summed E-state index contributed by atoms with van der Waals surface area (Å²) >= 11 is 0. The van der Waals surface area contributed by atoms with Crippen molar-refractivity contribution in [2.24, 2.45) is 7.05 Å². The minimum atomic E-state index is 0.261. The molecular formula is C15H27N5. The molecule has 20 heavy (non-hydrogen) atoms. The highest BCUT2D eigenvalue weighted by Gasteiger charge is 2.21. The second kappa shape index (κ2) is 6.99. The van der Waals surface area contributed by atoms with Crippen LogP contribution in [0.25, 0.3) is 0 Å². The van der Waals surface area contributed by atoms with Gasteiger partial charge in [0.25, 0.3) is 0 Å². The third kappa shape index (κ3) is 4.15. The molecule has 5 heteroatoms. The van der Waals surface area contributed by atoms with Gasteiger partial charge in [-0.15, -0.1) is 10.2 Å². The summed E-state index contributed by atoms with van der Waals surface area (Å²) in [5, 5.41) is 11.8. The molecule has 1 aromatic rings. The summed E-state index contributed by atoms with van der Waals surface area (Å²) in [7, 11) is 2.00. The first-order valence-corrected chi connectivity index (χ1v) is 7.52. The smallest absolute Gasteiger partial charge is 0.149 e. The summed E-state index contributed by atoms with van der Waals surface area (Å²) in [5.41, 5.74) is 1.40. The zero-order valence-corrected chi connectivity index (χ0v) is 13.1. The molecule has 0 spiro atoms. The van der Waals surface area contributed by atoms with Gasteiger partial charge >= 0.3 is 0 Å². The summed E-state index contributed by atoms with van der Waals surface area (Å²) in [4.78, 5) is 2.53. The van der Waals surface area contributed by atoms with Crippen LogP contribution in [0.4, 0.5) is 0 Å². The minimum Gasteiger partial charge on any atom is -0.319 e. The molecule has 0 radical (unpaired) electrons. The Hall–Kier alpha value is -1.20. The Morgan fingerprint density at radius 1 is 1.45 bits per heavy atom. The Balaban J connectivity index is 1.77. The van der Waals surface area contributed by atoms with E-state index in [-0.39, 0.29) is 6.04 Å². The predicted molar refractivity (Wildman–Crippen MR) is 81.4 cm³/mol. The first-order valence-electron chi connectivity index (χ1n) is 7.52. The van der Waals surface area contributed by atoms with Gasteiger partial charge in [0.05, 0.1) is 6.04 Å². The van der Waals surface area contributed by atoms with Crippen LogP contribution in [0.2, 0.25) is 0 Å². The highest BCUT2D eigenvalue weighted by Crippen LogP contribution is 2.15. The first-order chi connectivity index (χ1) is 9.56. The van der Waals surface area contributed by atoms with Crippen molar-refractivity contribution in [2.45, 2.75) is 45.7 Å². The van der Waals surface area contributed by atoms with E-state index in [0.717, 1.165) is 12.4 Å². The van der Waals surface area contributed by atoms with Gasteiger partial charge in [-0.2, -0.15) is 0 Å². The van der Waals surface area contributed by atoms with Crippen LogP contribution in [-0.4, -0.2) is 45.3 Å². The number of allylic oxidation sites excluding steroid dienone is 1. The first kappa shape index (κ1) is 15.2. The van der Waals surface area contributed by atoms with Gasteiger partial charge < -0.3 is 9.88 Å². The van der Waals surface area contributed by atoms with Gasteiger partial charge in [0.15, 0.2) is 0 Å². The quantitative estimate of drug-likeness (QED) is 0.835. The topological polar surface area (TPSA) is 46.0 Å². The maximum Gasteiger partial charge on any atom is 0.149 e. The molecule has 0 bridgehead atoms. The average Bonchev–Trinajstić information content (AvgIpc) is 2.84. The lowest BCUT2D eigenvalue weighted by atomic mass is 10.0.